The number of carbonyl (C=O) groups is 1. The first-order valence-corrected chi connectivity index (χ1v) is 6.18. The number of carboxylic acid groups (broad SMARTS) is 1. The average molecular weight is 233 g/mol. The monoisotopic (exact) mass is 233 g/mol. The lowest BCUT2D eigenvalue weighted by atomic mass is 9.97. The van der Waals surface area contributed by atoms with E-state index in [2.05, 4.69) is 19.2 Å². The van der Waals surface area contributed by atoms with Gasteiger partial charge in [0.25, 0.3) is 0 Å². The van der Waals surface area contributed by atoms with Crippen molar-refractivity contribution in [3.05, 3.63) is 29.8 Å². The van der Waals surface area contributed by atoms with Gasteiger partial charge >= 0.3 is 5.97 Å². The maximum absolute atomic E-state index is 10.7. The zero-order valence-corrected chi connectivity index (χ0v) is 10.3. The highest BCUT2D eigenvalue weighted by Crippen LogP contribution is 2.33. The number of anilines is 1. The molecule has 3 nitrogen and oxygen atoms in total. The minimum absolute atomic E-state index is 0.336. The van der Waals surface area contributed by atoms with Crippen LogP contribution in [0.25, 0.3) is 0 Å². The molecule has 1 saturated carbocycles. The Bertz CT molecular complexity index is 399. The summed E-state index contributed by atoms with van der Waals surface area (Å²) in [7, 11) is 0. The quantitative estimate of drug-likeness (QED) is 0.842. The van der Waals surface area contributed by atoms with Crippen LogP contribution < -0.4 is 5.32 Å². The van der Waals surface area contributed by atoms with Crippen LogP contribution in [-0.4, -0.2) is 17.1 Å². The van der Waals surface area contributed by atoms with Crippen molar-refractivity contribution in [2.45, 2.75) is 32.7 Å². The van der Waals surface area contributed by atoms with Gasteiger partial charge in [0.15, 0.2) is 0 Å². The molecule has 1 aromatic carbocycles. The van der Waals surface area contributed by atoms with Crippen LogP contribution in [0.4, 0.5) is 5.69 Å². The maximum Gasteiger partial charge on any atom is 0.335 e. The van der Waals surface area contributed by atoms with Crippen LogP contribution in [0.2, 0.25) is 0 Å². The van der Waals surface area contributed by atoms with Crippen molar-refractivity contribution in [2.75, 3.05) is 5.32 Å². The summed E-state index contributed by atoms with van der Waals surface area (Å²) in [6.07, 6.45) is 2.47. The fourth-order valence-electron chi connectivity index (χ4n) is 2.49. The van der Waals surface area contributed by atoms with Gasteiger partial charge in [0.1, 0.15) is 0 Å². The Labute approximate surface area is 102 Å². The van der Waals surface area contributed by atoms with E-state index in [1.807, 2.05) is 12.1 Å². The van der Waals surface area contributed by atoms with E-state index in [0.29, 0.717) is 17.5 Å². The van der Waals surface area contributed by atoms with Gasteiger partial charge in [0.05, 0.1) is 5.56 Å². The molecule has 0 aliphatic heterocycles. The van der Waals surface area contributed by atoms with Crippen LogP contribution >= 0.6 is 0 Å². The molecule has 0 heterocycles. The summed E-state index contributed by atoms with van der Waals surface area (Å²) in [5.74, 6) is 0.569. The predicted molar refractivity (Wildman–Crippen MR) is 68.4 cm³/mol. The van der Waals surface area contributed by atoms with Crippen molar-refractivity contribution < 1.29 is 9.90 Å². The van der Waals surface area contributed by atoms with Crippen LogP contribution in [0.15, 0.2) is 24.3 Å². The first kappa shape index (κ1) is 12.0. The molecule has 1 aromatic rings. The average Bonchev–Trinajstić information content (AvgIpc) is 2.62. The van der Waals surface area contributed by atoms with E-state index in [1.165, 1.54) is 12.8 Å². The SMILES string of the molecule is CC1CCC(Nc2ccc(C(=O)O)cc2)C1C. The topological polar surface area (TPSA) is 49.3 Å². The Morgan fingerprint density at radius 1 is 1.24 bits per heavy atom. The molecule has 0 bridgehead atoms. The van der Waals surface area contributed by atoms with Crippen molar-refractivity contribution in [2.24, 2.45) is 11.8 Å². The molecule has 17 heavy (non-hydrogen) atoms. The fourth-order valence-corrected chi connectivity index (χ4v) is 2.49. The molecule has 0 saturated heterocycles. The van der Waals surface area contributed by atoms with E-state index in [-0.39, 0.29) is 0 Å². The molecule has 1 fully saturated rings. The summed E-state index contributed by atoms with van der Waals surface area (Å²) in [4.78, 5) is 10.7. The summed E-state index contributed by atoms with van der Waals surface area (Å²) in [6, 6.07) is 7.50. The lowest BCUT2D eigenvalue weighted by molar-refractivity contribution is 0.0697. The normalized spacial score (nSPS) is 28.0. The van der Waals surface area contributed by atoms with Gasteiger partial charge in [-0.2, -0.15) is 0 Å². The zero-order chi connectivity index (χ0) is 12.4. The van der Waals surface area contributed by atoms with E-state index >= 15 is 0 Å². The molecule has 2 N–H and O–H groups in total. The Morgan fingerprint density at radius 3 is 2.35 bits per heavy atom. The van der Waals surface area contributed by atoms with Crippen LogP contribution in [0, 0.1) is 11.8 Å². The van der Waals surface area contributed by atoms with E-state index in [0.717, 1.165) is 11.6 Å². The summed E-state index contributed by atoms with van der Waals surface area (Å²) in [5.41, 5.74) is 1.35. The molecular weight excluding hydrogens is 214 g/mol. The molecule has 0 radical (unpaired) electrons. The number of carboxylic acids is 1. The highest BCUT2D eigenvalue weighted by Gasteiger charge is 2.29. The van der Waals surface area contributed by atoms with Crippen molar-refractivity contribution in [1.29, 1.82) is 0 Å². The van der Waals surface area contributed by atoms with Crippen LogP contribution in [0.1, 0.15) is 37.0 Å². The molecule has 0 aromatic heterocycles. The number of benzene rings is 1. The Kier molecular flexibility index (Phi) is 3.36. The van der Waals surface area contributed by atoms with Gasteiger partial charge in [-0.1, -0.05) is 13.8 Å². The van der Waals surface area contributed by atoms with E-state index in [1.54, 1.807) is 12.1 Å². The van der Waals surface area contributed by atoms with E-state index in [4.69, 9.17) is 5.11 Å². The number of hydrogen-bond acceptors (Lipinski definition) is 2. The molecule has 3 heteroatoms. The lowest BCUT2D eigenvalue weighted by Gasteiger charge is -2.20. The second-order valence-corrected chi connectivity index (χ2v) is 5.05. The van der Waals surface area contributed by atoms with Gasteiger partial charge in [-0.15, -0.1) is 0 Å². The molecule has 1 aliphatic rings. The third kappa shape index (κ3) is 2.60. The molecule has 1 aliphatic carbocycles. The maximum atomic E-state index is 10.7. The van der Waals surface area contributed by atoms with Crippen molar-refractivity contribution in [3.8, 4) is 0 Å². The lowest BCUT2D eigenvalue weighted by Crippen LogP contribution is -2.23. The number of rotatable bonds is 3. The van der Waals surface area contributed by atoms with Crippen molar-refractivity contribution >= 4 is 11.7 Å². The van der Waals surface area contributed by atoms with Gasteiger partial charge in [0.2, 0.25) is 0 Å². The van der Waals surface area contributed by atoms with Gasteiger partial charge in [-0.25, -0.2) is 4.79 Å². The van der Waals surface area contributed by atoms with Gasteiger partial charge < -0.3 is 10.4 Å². The summed E-state index contributed by atoms with van der Waals surface area (Å²) in [5, 5.41) is 12.3. The summed E-state index contributed by atoms with van der Waals surface area (Å²) >= 11 is 0. The third-order valence-corrected chi connectivity index (χ3v) is 3.95. The van der Waals surface area contributed by atoms with Crippen molar-refractivity contribution in [3.63, 3.8) is 0 Å². The minimum atomic E-state index is -0.876. The van der Waals surface area contributed by atoms with Crippen LogP contribution in [-0.2, 0) is 0 Å². The standard InChI is InChI=1S/C14H19NO2/c1-9-3-8-13(10(9)2)15-12-6-4-11(5-7-12)14(16)17/h4-7,9-10,13,15H,3,8H2,1-2H3,(H,16,17). The smallest absolute Gasteiger partial charge is 0.335 e. The molecule has 0 amide bonds. The zero-order valence-electron chi connectivity index (χ0n) is 10.3. The van der Waals surface area contributed by atoms with E-state index < -0.39 is 5.97 Å². The Balaban J connectivity index is 2.02. The molecule has 0 spiro atoms. The minimum Gasteiger partial charge on any atom is -0.478 e. The molecular formula is C14H19NO2. The first-order valence-electron chi connectivity index (χ1n) is 6.18. The largest absolute Gasteiger partial charge is 0.478 e. The Morgan fingerprint density at radius 2 is 1.88 bits per heavy atom. The summed E-state index contributed by atoms with van der Waals surface area (Å²) < 4.78 is 0. The van der Waals surface area contributed by atoms with Gasteiger partial charge in [-0.3, -0.25) is 0 Å². The highest BCUT2D eigenvalue weighted by molar-refractivity contribution is 5.87. The Hall–Kier alpha value is -1.51. The second-order valence-electron chi connectivity index (χ2n) is 5.05. The number of aromatic carboxylic acids is 1. The van der Waals surface area contributed by atoms with Gasteiger partial charge in [0, 0.05) is 11.7 Å². The highest BCUT2D eigenvalue weighted by atomic mass is 16.4. The second kappa shape index (κ2) is 4.78. The predicted octanol–water partition coefficient (Wildman–Crippen LogP) is 3.23. The first-order chi connectivity index (χ1) is 8.08. The third-order valence-electron chi connectivity index (χ3n) is 3.95. The molecule has 92 valence electrons. The molecule has 3 unspecified atom stereocenters. The fraction of sp³-hybridized carbons (Fsp3) is 0.500. The number of hydrogen-bond donors (Lipinski definition) is 2. The van der Waals surface area contributed by atoms with Crippen molar-refractivity contribution in [1.82, 2.24) is 0 Å². The van der Waals surface area contributed by atoms with Gasteiger partial charge in [-0.05, 0) is 48.9 Å². The molecule has 3 atom stereocenters. The van der Waals surface area contributed by atoms with Crippen LogP contribution in [0.3, 0.4) is 0 Å². The summed E-state index contributed by atoms with van der Waals surface area (Å²) in [6.45, 7) is 4.57. The van der Waals surface area contributed by atoms with E-state index in [9.17, 15) is 4.79 Å². The molecule has 2 rings (SSSR count). The number of nitrogens with one attached hydrogen (secondary N) is 1. The van der Waals surface area contributed by atoms with Crippen LogP contribution in [0.5, 0.6) is 0 Å².